The number of nitrogens with zero attached hydrogens (tertiary/aromatic N) is 1. The predicted octanol–water partition coefficient (Wildman–Crippen LogP) is 1.89. The van der Waals surface area contributed by atoms with E-state index >= 15 is 0 Å². The van der Waals surface area contributed by atoms with E-state index in [2.05, 4.69) is 18.8 Å². The fourth-order valence-electron chi connectivity index (χ4n) is 0.746. The SMILES string of the molecule is CCC(C)=NC(C)COC. The van der Waals surface area contributed by atoms with Crippen molar-refractivity contribution < 1.29 is 4.74 Å². The molecular weight excluding hydrogens is 126 g/mol. The van der Waals surface area contributed by atoms with Crippen LogP contribution in [0.2, 0.25) is 0 Å². The summed E-state index contributed by atoms with van der Waals surface area (Å²) in [5.41, 5.74) is 1.20. The van der Waals surface area contributed by atoms with Crippen LogP contribution in [0.1, 0.15) is 27.2 Å². The summed E-state index contributed by atoms with van der Waals surface area (Å²) in [6.45, 7) is 6.94. The third kappa shape index (κ3) is 4.50. The summed E-state index contributed by atoms with van der Waals surface area (Å²) in [7, 11) is 1.70. The molecular formula is C8H17NO. The molecule has 0 aromatic heterocycles. The van der Waals surface area contributed by atoms with Crippen LogP contribution in [0, 0.1) is 0 Å². The monoisotopic (exact) mass is 143 g/mol. The lowest BCUT2D eigenvalue weighted by Crippen LogP contribution is -2.09. The smallest absolute Gasteiger partial charge is 0.0704 e. The Morgan fingerprint density at radius 3 is 2.60 bits per heavy atom. The van der Waals surface area contributed by atoms with Crippen LogP contribution in [0.25, 0.3) is 0 Å². The van der Waals surface area contributed by atoms with Crippen LogP contribution in [-0.2, 0) is 4.74 Å². The molecule has 1 unspecified atom stereocenters. The van der Waals surface area contributed by atoms with Crippen molar-refractivity contribution in [3.8, 4) is 0 Å². The van der Waals surface area contributed by atoms with Crippen LogP contribution in [0.4, 0.5) is 0 Å². The van der Waals surface area contributed by atoms with Crippen LogP contribution in [0.5, 0.6) is 0 Å². The van der Waals surface area contributed by atoms with E-state index < -0.39 is 0 Å². The van der Waals surface area contributed by atoms with E-state index in [1.807, 2.05) is 6.92 Å². The Hall–Kier alpha value is -0.370. The number of rotatable bonds is 4. The molecule has 0 aliphatic heterocycles. The van der Waals surface area contributed by atoms with Gasteiger partial charge in [-0.3, -0.25) is 4.99 Å². The molecule has 0 saturated carbocycles. The Morgan fingerprint density at radius 2 is 2.20 bits per heavy atom. The summed E-state index contributed by atoms with van der Waals surface area (Å²) in [5.74, 6) is 0. The van der Waals surface area contributed by atoms with E-state index in [9.17, 15) is 0 Å². The second-order valence-electron chi connectivity index (χ2n) is 2.52. The van der Waals surface area contributed by atoms with Crippen molar-refractivity contribution in [2.24, 2.45) is 4.99 Å². The maximum atomic E-state index is 4.94. The lowest BCUT2D eigenvalue weighted by atomic mass is 10.3. The van der Waals surface area contributed by atoms with Gasteiger partial charge in [0.25, 0.3) is 0 Å². The van der Waals surface area contributed by atoms with Crippen molar-refractivity contribution in [3.63, 3.8) is 0 Å². The zero-order valence-corrected chi connectivity index (χ0v) is 7.35. The normalized spacial score (nSPS) is 15.4. The molecule has 2 nitrogen and oxygen atoms in total. The molecule has 0 heterocycles. The highest BCUT2D eigenvalue weighted by molar-refractivity contribution is 5.81. The molecule has 0 bridgehead atoms. The molecule has 0 aromatic carbocycles. The van der Waals surface area contributed by atoms with Crippen LogP contribution in [0.15, 0.2) is 4.99 Å². The minimum absolute atomic E-state index is 0.310. The third-order valence-electron chi connectivity index (χ3n) is 1.36. The van der Waals surface area contributed by atoms with Crippen molar-refractivity contribution in [2.45, 2.75) is 33.2 Å². The molecule has 60 valence electrons. The minimum Gasteiger partial charge on any atom is -0.382 e. The summed E-state index contributed by atoms with van der Waals surface area (Å²) >= 11 is 0. The average molecular weight is 143 g/mol. The first-order valence-electron chi connectivity index (χ1n) is 3.72. The first-order chi connectivity index (χ1) is 4.70. The molecule has 0 spiro atoms. The van der Waals surface area contributed by atoms with Gasteiger partial charge in [0.2, 0.25) is 0 Å². The maximum absolute atomic E-state index is 4.94. The number of ether oxygens (including phenoxy) is 1. The van der Waals surface area contributed by atoms with E-state index in [1.54, 1.807) is 7.11 Å². The van der Waals surface area contributed by atoms with E-state index in [0.717, 1.165) is 13.0 Å². The Balaban J connectivity index is 3.62. The number of aliphatic imine (C=N–C) groups is 1. The highest BCUT2D eigenvalue weighted by Crippen LogP contribution is 1.93. The predicted molar refractivity (Wildman–Crippen MR) is 44.7 cm³/mol. The Bertz CT molecular complexity index is 110. The number of methoxy groups -OCH3 is 1. The van der Waals surface area contributed by atoms with Gasteiger partial charge in [0.05, 0.1) is 12.6 Å². The molecule has 0 rings (SSSR count). The van der Waals surface area contributed by atoms with Gasteiger partial charge in [-0.2, -0.15) is 0 Å². The van der Waals surface area contributed by atoms with Gasteiger partial charge in [0.1, 0.15) is 0 Å². The highest BCUT2D eigenvalue weighted by atomic mass is 16.5. The summed E-state index contributed by atoms with van der Waals surface area (Å²) in [5, 5.41) is 0. The number of hydrogen-bond acceptors (Lipinski definition) is 2. The quantitative estimate of drug-likeness (QED) is 0.551. The second kappa shape index (κ2) is 5.42. The topological polar surface area (TPSA) is 21.6 Å². The van der Waals surface area contributed by atoms with E-state index in [-0.39, 0.29) is 0 Å². The standard InChI is InChI=1S/C8H17NO/c1-5-7(2)9-8(3)6-10-4/h8H,5-6H2,1-4H3. The summed E-state index contributed by atoms with van der Waals surface area (Å²) in [6.07, 6.45) is 1.04. The summed E-state index contributed by atoms with van der Waals surface area (Å²) in [6, 6.07) is 0.310. The second-order valence-corrected chi connectivity index (χ2v) is 2.52. The molecule has 0 amide bonds. The van der Waals surface area contributed by atoms with Crippen LogP contribution >= 0.6 is 0 Å². The molecule has 1 atom stereocenters. The first-order valence-corrected chi connectivity index (χ1v) is 3.72. The number of hydrogen-bond donors (Lipinski definition) is 0. The van der Waals surface area contributed by atoms with E-state index in [4.69, 9.17) is 4.74 Å². The van der Waals surface area contributed by atoms with Gasteiger partial charge in [-0.05, 0) is 20.3 Å². The van der Waals surface area contributed by atoms with Gasteiger partial charge >= 0.3 is 0 Å². The lowest BCUT2D eigenvalue weighted by Gasteiger charge is -2.05. The molecule has 0 aliphatic rings. The van der Waals surface area contributed by atoms with Crippen molar-refractivity contribution in [1.29, 1.82) is 0 Å². The van der Waals surface area contributed by atoms with Gasteiger partial charge in [-0.25, -0.2) is 0 Å². The molecule has 0 aliphatic carbocycles. The average Bonchev–Trinajstić information content (AvgIpc) is 1.88. The van der Waals surface area contributed by atoms with Crippen molar-refractivity contribution >= 4 is 5.71 Å². The Morgan fingerprint density at radius 1 is 1.60 bits per heavy atom. The molecule has 0 radical (unpaired) electrons. The van der Waals surface area contributed by atoms with Gasteiger partial charge in [0.15, 0.2) is 0 Å². The molecule has 0 saturated heterocycles. The minimum atomic E-state index is 0.310. The molecule has 0 aromatic rings. The first kappa shape index (κ1) is 9.63. The van der Waals surface area contributed by atoms with Crippen molar-refractivity contribution in [2.75, 3.05) is 13.7 Å². The fraction of sp³-hybridized carbons (Fsp3) is 0.875. The van der Waals surface area contributed by atoms with E-state index in [0.29, 0.717) is 6.04 Å². The summed E-state index contributed by atoms with van der Waals surface area (Å²) in [4.78, 5) is 4.38. The highest BCUT2D eigenvalue weighted by Gasteiger charge is 1.96. The Labute approximate surface area is 63.3 Å². The lowest BCUT2D eigenvalue weighted by molar-refractivity contribution is 0.186. The Kier molecular flexibility index (Phi) is 5.22. The summed E-state index contributed by atoms with van der Waals surface area (Å²) < 4.78 is 4.94. The zero-order valence-electron chi connectivity index (χ0n) is 7.35. The molecule has 2 heteroatoms. The largest absolute Gasteiger partial charge is 0.382 e. The van der Waals surface area contributed by atoms with Crippen LogP contribution in [-0.4, -0.2) is 25.5 Å². The van der Waals surface area contributed by atoms with Gasteiger partial charge in [-0.1, -0.05) is 6.92 Å². The van der Waals surface area contributed by atoms with Crippen molar-refractivity contribution in [1.82, 2.24) is 0 Å². The van der Waals surface area contributed by atoms with Crippen LogP contribution < -0.4 is 0 Å². The molecule has 10 heavy (non-hydrogen) atoms. The van der Waals surface area contributed by atoms with Gasteiger partial charge in [0, 0.05) is 12.8 Å². The van der Waals surface area contributed by atoms with Crippen LogP contribution in [0.3, 0.4) is 0 Å². The van der Waals surface area contributed by atoms with Gasteiger partial charge < -0.3 is 4.74 Å². The maximum Gasteiger partial charge on any atom is 0.0704 e. The third-order valence-corrected chi connectivity index (χ3v) is 1.36. The van der Waals surface area contributed by atoms with Crippen molar-refractivity contribution in [3.05, 3.63) is 0 Å². The molecule has 0 N–H and O–H groups in total. The van der Waals surface area contributed by atoms with E-state index in [1.165, 1.54) is 5.71 Å². The molecule has 0 fully saturated rings. The fourth-order valence-corrected chi connectivity index (χ4v) is 0.746. The van der Waals surface area contributed by atoms with Gasteiger partial charge in [-0.15, -0.1) is 0 Å². The zero-order chi connectivity index (χ0) is 7.98.